The van der Waals surface area contributed by atoms with Crippen molar-refractivity contribution in [3.05, 3.63) is 0 Å². The standard InChI is InChI=1S/C18H35N3O.2ClH/c1-14(2)6-9-21-10-7-15(8-11-21)13-20-18(22)16-4-3-5-17(19)12-16;;/h14-17H,3-13,19H2,1-2H3,(H,20,22);2*1H. The van der Waals surface area contributed by atoms with Gasteiger partial charge in [0.05, 0.1) is 0 Å². The Kier molecular flexibility index (Phi) is 12.3. The van der Waals surface area contributed by atoms with Crippen LogP contribution in [-0.2, 0) is 4.79 Å². The van der Waals surface area contributed by atoms with Crippen LogP contribution in [0.4, 0.5) is 0 Å². The van der Waals surface area contributed by atoms with Gasteiger partial charge in [-0.3, -0.25) is 4.79 Å². The minimum atomic E-state index is 0. The van der Waals surface area contributed by atoms with Crippen molar-refractivity contribution < 1.29 is 4.79 Å². The van der Waals surface area contributed by atoms with E-state index < -0.39 is 0 Å². The second-order valence-electron chi connectivity index (χ2n) is 7.84. The van der Waals surface area contributed by atoms with E-state index in [0.29, 0.717) is 5.92 Å². The number of amides is 1. The van der Waals surface area contributed by atoms with Crippen molar-refractivity contribution >= 4 is 30.7 Å². The smallest absolute Gasteiger partial charge is 0.223 e. The number of carbonyl (C=O) groups excluding carboxylic acids is 1. The van der Waals surface area contributed by atoms with E-state index in [-0.39, 0.29) is 42.7 Å². The van der Waals surface area contributed by atoms with Crippen LogP contribution in [0.1, 0.15) is 58.8 Å². The van der Waals surface area contributed by atoms with Crippen LogP contribution < -0.4 is 11.1 Å². The SMILES string of the molecule is CC(C)CCN1CCC(CNC(=O)C2CCCC(N)C2)CC1.Cl.Cl. The van der Waals surface area contributed by atoms with Crippen LogP contribution in [0, 0.1) is 17.8 Å². The number of piperidine rings is 1. The van der Waals surface area contributed by atoms with Crippen molar-refractivity contribution in [1.29, 1.82) is 0 Å². The molecule has 0 radical (unpaired) electrons. The van der Waals surface area contributed by atoms with Gasteiger partial charge in [0.1, 0.15) is 0 Å². The maximum Gasteiger partial charge on any atom is 0.223 e. The Labute approximate surface area is 160 Å². The molecule has 0 aromatic rings. The summed E-state index contributed by atoms with van der Waals surface area (Å²) in [6, 6.07) is 0.230. The molecule has 1 aliphatic carbocycles. The van der Waals surface area contributed by atoms with Crippen molar-refractivity contribution in [2.75, 3.05) is 26.2 Å². The summed E-state index contributed by atoms with van der Waals surface area (Å²) < 4.78 is 0. The number of rotatable bonds is 6. The van der Waals surface area contributed by atoms with Gasteiger partial charge < -0.3 is 16.0 Å². The highest BCUT2D eigenvalue weighted by Crippen LogP contribution is 2.23. The van der Waals surface area contributed by atoms with Gasteiger partial charge in [-0.2, -0.15) is 0 Å². The zero-order chi connectivity index (χ0) is 15.9. The summed E-state index contributed by atoms with van der Waals surface area (Å²) in [5.74, 6) is 1.86. The van der Waals surface area contributed by atoms with E-state index in [9.17, 15) is 4.79 Å². The highest BCUT2D eigenvalue weighted by molar-refractivity contribution is 5.85. The molecule has 2 atom stereocenters. The number of nitrogens with two attached hydrogens (primary N) is 1. The van der Waals surface area contributed by atoms with Crippen molar-refractivity contribution in [3.63, 3.8) is 0 Å². The second kappa shape index (κ2) is 12.3. The van der Waals surface area contributed by atoms with Crippen molar-refractivity contribution in [1.82, 2.24) is 10.2 Å². The molecule has 1 aliphatic heterocycles. The first-order valence-electron chi connectivity index (χ1n) is 9.30. The topological polar surface area (TPSA) is 58.4 Å². The summed E-state index contributed by atoms with van der Waals surface area (Å²) >= 11 is 0. The number of hydrogen-bond acceptors (Lipinski definition) is 3. The van der Waals surface area contributed by atoms with E-state index in [1.165, 1.54) is 38.9 Å². The van der Waals surface area contributed by atoms with Gasteiger partial charge in [0.2, 0.25) is 5.91 Å². The number of nitrogens with zero attached hydrogens (tertiary/aromatic N) is 1. The molecule has 1 saturated carbocycles. The molecule has 2 aliphatic rings. The summed E-state index contributed by atoms with van der Waals surface area (Å²) in [7, 11) is 0. The van der Waals surface area contributed by atoms with Gasteiger partial charge in [-0.1, -0.05) is 20.3 Å². The van der Waals surface area contributed by atoms with Gasteiger partial charge in [0, 0.05) is 18.5 Å². The fourth-order valence-electron chi connectivity index (χ4n) is 3.71. The maximum atomic E-state index is 12.3. The second-order valence-corrected chi connectivity index (χ2v) is 7.84. The average Bonchev–Trinajstić information content (AvgIpc) is 2.51. The lowest BCUT2D eigenvalue weighted by Gasteiger charge is -2.33. The van der Waals surface area contributed by atoms with E-state index in [1.807, 2.05) is 0 Å². The Hall–Kier alpha value is -0.0300. The number of halogens is 2. The predicted molar refractivity (Wildman–Crippen MR) is 106 cm³/mol. The third-order valence-electron chi connectivity index (χ3n) is 5.38. The monoisotopic (exact) mass is 381 g/mol. The van der Waals surface area contributed by atoms with Crippen LogP contribution in [0.15, 0.2) is 0 Å². The van der Waals surface area contributed by atoms with E-state index >= 15 is 0 Å². The highest BCUT2D eigenvalue weighted by atomic mass is 35.5. The number of likely N-dealkylation sites (tertiary alicyclic amines) is 1. The van der Waals surface area contributed by atoms with Gasteiger partial charge in [-0.25, -0.2) is 0 Å². The molecular formula is C18H37Cl2N3O. The first-order chi connectivity index (χ1) is 10.5. The molecule has 1 saturated heterocycles. The van der Waals surface area contributed by atoms with Crippen LogP contribution >= 0.6 is 24.8 Å². The van der Waals surface area contributed by atoms with Crippen molar-refractivity contribution in [3.8, 4) is 0 Å². The molecule has 1 amide bonds. The molecule has 144 valence electrons. The van der Waals surface area contributed by atoms with Gasteiger partial charge in [0.25, 0.3) is 0 Å². The lowest BCUT2D eigenvalue weighted by Crippen LogP contribution is -2.42. The molecule has 3 N–H and O–H groups in total. The fourth-order valence-corrected chi connectivity index (χ4v) is 3.71. The molecule has 2 fully saturated rings. The predicted octanol–water partition coefficient (Wildman–Crippen LogP) is 3.22. The number of nitrogens with one attached hydrogen (secondary N) is 1. The molecule has 24 heavy (non-hydrogen) atoms. The van der Waals surface area contributed by atoms with Crippen LogP contribution in [0.25, 0.3) is 0 Å². The molecule has 1 heterocycles. The van der Waals surface area contributed by atoms with Crippen LogP contribution in [0.2, 0.25) is 0 Å². The molecule has 2 unspecified atom stereocenters. The largest absolute Gasteiger partial charge is 0.356 e. The zero-order valence-electron chi connectivity index (χ0n) is 15.3. The summed E-state index contributed by atoms with van der Waals surface area (Å²) in [6.07, 6.45) is 7.83. The van der Waals surface area contributed by atoms with E-state index in [2.05, 4.69) is 24.1 Å². The molecule has 0 bridgehead atoms. The van der Waals surface area contributed by atoms with E-state index in [0.717, 1.165) is 38.1 Å². The summed E-state index contributed by atoms with van der Waals surface area (Å²) in [6.45, 7) is 9.07. The molecular weight excluding hydrogens is 345 g/mol. The zero-order valence-corrected chi connectivity index (χ0v) is 17.0. The van der Waals surface area contributed by atoms with Crippen LogP contribution in [0.3, 0.4) is 0 Å². The third-order valence-corrected chi connectivity index (χ3v) is 5.38. The first-order valence-corrected chi connectivity index (χ1v) is 9.30. The van der Waals surface area contributed by atoms with Crippen molar-refractivity contribution in [2.45, 2.75) is 64.8 Å². The third kappa shape index (κ3) is 8.37. The van der Waals surface area contributed by atoms with Gasteiger partial charge in [-0.15, -0.1) is 24.8 Å². The minimum Gasteiger partial charge on any atom is -0.356 e. The molecule has 4 nitrogen and oxygen atoms in total. The van der Waals surface area contributed by atoms with Crippen molar-refractivity contribution in [2.24, 2.45) is 23.5 Å². The Morgan fingerprint density at radius 1 is 1.17 bits per heavy atom. The summed E-state index contributed by atoms with van der Waals surface area (Å²) in [4.78, 5) is 14.8. The summed E-state index contributed by atoms with van der Waals surface area (Å²) in [5, 5.41) is 3.19. The Morgan fingerprint density at radius 3 is 2.42 bits per heavy atom. The molecule has 0 aromatic carbocycles. The lowest BCUT2D eigenvalue weighted by atomic mass is 9.85. The molecule has 0 spiro atoms. The minimum absolute atomic E-state index is 0. The quantitative estimate of drug-likeness (QED) is 0.742. The maximum absolute atomic E-state index is 12.3. The van der Waals surface area contributed by atoms with E-state index in [1.54, 1.807) is 0 Å². The summed E-state index contributed by atoms with van der Waals surface area (Å²) in [5.41, 5.74) is 5.98. The van der Waals surface area contributed by atoms with Crippen LogP contribution in [0.5, 0.6) is 0 Å². The highest BCUT2D eigenvalue weighted by Gasteiger charge is 2.26. The van der Waals surface area contributed by atoms with Gasteiger partial charge in [0.15, 0.2) is 0 Å². The Balaban J connectivity index is 0.00000264. The Morgan fingerprint density at radius 2 is 1.83 bits per heavy atom. The lowest BCUT2D eigenvalue weighted by molar-refractivity contribution is -0.126. The average molecular weight is 382 g/mol. The molecule has 0 aromatic heterocycles. The normalized spacial score (nSPS) is 25.7. The molecule has 6 heteroatoms. The van der Waals surface area contributed by atoms with Gasteiger partial charge >= 0.3 is 0 Å². The first kappa shape index (κ1) is 24.0. The van der Waals surface area contributed by atoms with E-state index in [4.69, 9.17) is 5.73 Å². The number of carbonyl (C=O) groups is 1. The fraction of sp³-hybridized carbons (Fsp3) is 0.944. The van der Waals surface area contributed by atoms with Crippen LogP contribution in [-0.4, -0.2) is 43.0 Å². The van der Waals surface area contributed by atoms with Gasteiger partial charge in [-0.05, 0) is 70.0 Å². The number of hydrogen-bond donors (Lipinski definition) is 2. The Bertz CT molecular complexity index is 347. The molecule has 2 rings (SSSR count).